The molecule has 1 aliphatic heterocycles. The topological polar surface area (TPSA) is 0 Å². The minimum atomic E-state index is 0.786. The second-order valence-electron chi connectivity index (χ2n) is 2.46. The van der Waals surface area contributed by atoms with E-state index in [9.17, 15) is 0 Å². The summed E-state index contributed by atoms with van der Waals surface area (Å²) in [5.41, 5.74) is 0. The van der Waals surface area contributed by atoms with Gasteiger partial charge in [0.05, 0.1) is 0 Å². The zero-order chi connectivity index (χ0) is 6.53. The van der Waals surface area contributed by atoms with Crippen LogP contribution in [0.1, 0.15) is 19.8 Å². The van der Waals surface area contributed by atoms with Gasteiger partial charge in [0, 0.05) is 0 Å². The van der Waals surface area contributed by atoms with Crippen molar-refractivity contribution >= 4 is 10.9 Å². The molecule has 0 N–H and O–H groups in total. The largest absolute Gasteiger partial charge is 0.126 e. The van der Waals surface area contributed by atoms with Crippen molar-refractivity contribution in [1.82, 2.24) is 0 Å². The number of hydrogen-bond acceptors (Lipinski definition) is 0. The minimum Gasteiger partial charge on any atom is -0.0870 e. The maximum atomic E-state index is 2.31. The molecule has 0 radical (unpaired) electrons. The van der Waals surface area contributed by atoms with E-state index in [0.717, 1.165) is 10.9 Å². The van der Waals surface area contributed by atoms with Crippen molar-refractivity contribution in [3.8, 4) is 0 Å². The van der Waals surface area contributed by atoms with Crippen LogP contribution in [0.15, 0.2) is 12.2 Å². The molecule has 1 fully saturated rings. The zero-order valence-corrected chi connectivity index (χ0v) is 6.91. The van der Waals surface area contributed by atoms with Crippen LogP contribution >= 0.6 is 0 Å². The first-order valence-electron chi connectivity index (χ1n) is 3.68. The van der Waals surface area contributed by atoms with E-state index in [-0.39, 0.29) is 0 Å². The van der Waals surface area contributed by atoms with Crippen LogP contribution < -0.4 is 0 Å². The fraction of sp³-hybridized carbons (Fsp3) is 0.750. The lowest BCUT2D eigenvalue weighted by Gasteiger charge is -1.92. The van der Waals surface area contributed by atoms with E-state index in [0.29, 0.717) is 0 Å². The van der Waals surface area contributed by atoms with Crippen LogP contribution in [-0.2, 0) is 10.9 Å². The number of rotatable bonds is 2. The summed E-state index contributed by atoms with van der Waals surface area (Å²) in [5, 5.41) is 0. The van der Waals surface area contributed by atoms with E-state index in [2.05, 4.69) is 19.1 Å². The molecule has 0 saturated carbocycles. The van der Waals surface area contributed by atoms with Crippen LogP contribution in [0, 0.1) is 0 Å². The molecule has 1 rings (SSSR count). The first-order chi connectivity index (χ1) is 4.43. The van der Waals surface area contributed by atoms with Crippen molar-refractivity contribution in [3.05, 3.63) is 12.2 Å². The quantitative estimate of drug-likeness (QED) is 0.409. The van der Waals surface area contributed by atoms with Gasteiger partial charge in [-0.25, -0.2) is 0 Å². The fourth-order valence-electron chi connectivity index (χ4n) is 1.11. The van der Waals surface area contributed by atoms with E-state index in [1.165, 1.54) is 30.1 Å². The molecule has 0 spiro atoms. The van der Waals surface area contributed by atoms with Crippen molar-refractivity contribution in [2.24, 2.45) is 0 Å². The molecule has 0 aliphatic carbocycles. The van der Waals surface area contributed by atoms with Gasteiger partial charge in [0.2, 0.25) is 0 Å². The van der Waals surface area contributed by atoms with Gasteiger partial charge in [-0.3, -0.25) is 0 Å². The molecule has 9 heavy (non-hydrogen) atoms. The average molecular weight is 143 g/mol. The van der Waals surface area contributed by atoms with Crippen molar-refractivity contribution in [2.75, 3.05) is 17.3 Å². The van der Waals surface area contributed by atoms with E-state index in [4.69, 9.17) is 0 Å². The Bertz CT molecular complexity index is 90.7. The lowest BCUT2D eigenvalue weighted by molar-refractivity contribution is 0.949. The number of allylic oxidation sites excluding steroid dienone is 1. The third kappa shape index (κ3) is 2.44. The monoisotopic (exact) mass is 143 g/mol. The van der Waals surface area contributed by atoms with E-state index >= 15 is 0 Å². The van der Waals surface area contributed by atoms with Gasteiger partial charge < -0.3 is 0 Å². The van der Waals surface area contributed by atoms with Gasteiger partial charge in [-0.2, -0.15) is 0 Å². The predicted octanol–water partition coefficient (Wildman–Crippen LogP) is 1.97. The van der Waals surface area contributed by atoms with Crippen molar-refractivity contribution < 1.29 is 0 Å². The zero-order valence-electron chi connectivity index (χ0n) is 6.10. The molecule has 1 saturated heterocycles. The van der Waals surface area contributed by atoms with Gasteiger partial charge in [0.15, 0.2) is 0 Å². The van der Waals surface area contributed by atoms with Crippen LogP contribution in [0.5, 0.6) is 0 Å². The Kier molecular flexibility index (Phi) is 3.20. The maximum Gasteiger partial charge on any atom is 0.126 e. The smallest absolute Gasteiger partial charge is 0.0870 e. The predicted molar refractivity (Wildman–Crippen MR) is 46.0 cm³/mol. The van der Waals surface area contributed by atoms with Crippen LogP contribution in [0.3, 0.4) is 0 Å². The molecule has 0 nitrogen and oxygen atoms in total. The van der Waals surface area contributed by atoms with E-state index in [1.807, 2.05) is 0 Å². The minimum absolute atomic E-state index is 0.786. The summed E-state index contributed by atoms with van der Waals surface area (Å²) in [6, 6.07) is 0. The Morgan fingerprint density at radius 2 is 2.00 bits per heavy atom. The van der Waals surface area contributed by atoms with Gasteiger partial charge >= 0.3 is 0 Å². The summed E-state index contributed by atoms with van der Waals surface area (Å²) in [5.74, 6) is 4.37. The molecule has 1 aliphatic rings. The highest BCUT2D eigenvalue weighted by molar-refractivity contribution is 7.97. The lowest BCUT2D eigenvalue weighted by Crippen LogP contribution is -2.05. The average Bonchev–Trinajstić information content (AvgIpc) is 2.34. The number of hydrogen-bond donors (Lipinski definition) is 0. The summed E-state index contributed by atoms with van der Waals surface area (Å²) < 4.78 is 0. The van der Waals surface area contributed by atoms with E-state index < -0.39 is 0 Å². The van der Waals surface area contributed by atoms with Crippen LogP contribution in [-0.4, -0.2) is 17.3 Å². The lowest BCUT2D eigenvalue weighted by atomic mass is 10.4. The summed E-state index contributed by atoms with van der Waals surface area (Å²) in [4.78, 5) is 0. The second-order valence-corrected chi connectivity index (χ2v) is 4.84. The molecule has 0 atom stereocenters. The summed E-state index contributed by atoms with van der Waals surface area (Å²) in [6.45, 7) is 2.11. The Morgan fingerprint density at radius 3 is 2.56 bits per heavy atom. The third-order valence-electron chi connectivity index (χ3n) is 1.68. The molecule has 0 aromatic heterocycles. The molecule has 1 heterocycles. The Labute approximate surface area is 60.7 Å². The standard InChI is InChI=1S/C8H15S/c1-2-3-6-9-7-4-5-8-9/h2-3H,4-8H2,1H3/q+1/b3-2-. The molecule has 0 bridgehead atoms. The molecule has 0 aromatic rings. The molecule has 0 amide bonds. The van der Waals surface area contributed by atoms with Crippen molar-refractivity contribution in [2.45, 2.75) is 19.8 Å². The van der Waals surface area contributed by atoms with Crippen LogP contribution in [0.25, 0.3) is 0 Å². The van der Waals surface area contributed by atoms with Crippen LogP contribution in [0.4, 0.5) is 0 Å². The Balaban J connectivity index is 2.11. The van der Waals surface area contributed by atoms with Gasteiger partial charge in [-0.15, -0.1) is 0 Å². The first kappa shape index (κ1) is 7.20. The molecule has 52 valence electrons. The van der Waals surface area contributed by atoms with E-state index in [1.54, 1.807) is 0 Å². The second kappa shape index (κ2) is 3.99. The molecule has 0 unspecified atom stereocenters. The van der Waals surface area contributed by atoms with Gasteiger partial charge in [-0.1, -0.05) is 6.08 Å². The summed E-state index contributed by atoms with van der Waals surface area (Å²) >= 11 is 0. The van der Waals surface area contributed by atoms with Crippen LogP contribution in [0.2, 0.25) is 0 Å². The Hall–Kier alpha value is 0.0900. The van der Waals surface area contributed by atoms with Crippen molar-refractivity contribution in [1.29, 1.82) is 0 Å². The highest BCUT2D eigenvalue weighted by Gasteiger charge is 2.21. The fourth-order valence-corrected chi connectivity index (χ4v) is 3.34. The maximum absolute atomic E-state index is 2.31. The van der Waals surface area contributed by atoms with Gasteiger partial charge in [-0.05, 0) is 36.7 Å². The highest BCUT2D eigenvalue weighted by atomic mass is 32.2. The SMILES string of the molecule is C/C=C\C[S+]1CCCC1. The molecular formula is C8H15S+. The highest BCUT2D eigenvalue weighted by Crippen LogP contribution is 2.12. The first-order valence-corrected chi connectivity index (χ1v) is 5.42. The molecule has 1 heteroatoms. The van der Waals surface area contributed by atoms with Gasteiger partial charge in [0.1, 0.15) is 17.3 Å². The van der Waals surface area contributed by atoms with Gasteiger partial charge in [0.25, 0.3) is 0 Å². The Morgan fingerprint density at radius 1 is 1.33 bits per heavy atom. The third-order valence-corrected chi connectivity index (χ3v) is 4.08. The molecule has 0 aromatic carbocycles. The van der Waals surface area contributed by atoms with Crippen molar-refractivity contribution in [3.63, 3.8) is 0 Å². The molecular weight excluding hydrogens is 128 g/mol. The normalized spacial score (nSPS) is 21.9. The summed E-state index contributed by atoms with van der Waals surface area (Å²) in [6.07, 6.45) is 7.46. The summed E-state index contributed by atoms with van der Waals surface area (Å²) in [7, 11) is 0.786.